The van der Waals surface area contributed by atoms with Crippen LogP contribution in [0.4, 0.5) is 0 Å². The van der Waals surface area contributed by atoms with Crippen LogP contribution in [-0.2, 0) is 14.3 Å². The summed E-state index contributed by atoms with van der Waals surface area (Å²) in [5, 5.41) is 3.22. The van der Waals surface area contributed by atoms with E-state index in [2.05, 4.69) is 5.32 Å². The van der Waals surface area contributed by atoms with Crippen molar-refractivity contribution >= 4 is 35.2 Å². The molecule has 0 bridgehead atoms. The molecule has 0 saturated carbocycles. The van der Waals surface area contributed by atoms with Crippen molar-refractivity contribution in [2.45, 2.75) is 11.8 Å². The minimum absolute atomic E-state index is 0.0908. The Bertz CT molecular complexity index is 754. The van der Waals surface area contributed by atoms with Gasteiger partial charge in [-0.25, -0.2) is 0 Å². The maximum Gasteiger partial charge on any atom is 0.316 e. The minimum Gasteiger partial charge on any atom is -0.492 e. The van der Waals surface area contributed by atoms with Crippen molar-refractivity contribution in [1.82, 2.24) is 5.32 Å². The maximum atomic E-state index is 11.7. The fourth-order valence-corrected chi connectivity index (χ4v) is 3.04. The lowest BCUT2D eigenvalue weighted by Crippen LogP contribution is -2.32. The molecule has 138 valence electrons. The van der Waals surface area contributed by atoms with Crippen LogP contribution in [0.2, 0.25) is 5.02 Å². The standard InChI is InChI=1S/C19H20ClNO4S/c1-14-5-4-6-15(11-14)24-10-9-21-18(22)12-25-19(23)13-26-17-8-3-2-7-16(17)20/h2-8,11H,9-10,12-13H2,1H3,(H,21,22). The molecule has 0 unspecified atom stereocenters. The van der Waals surface area contributed by atoms with Gasteiger partial charge >= 0.3 is 5.97 Å². The summed E-state index contributed by atoms with van der Waals surface area (Å²) in [5.41, 5.74) is 1.10. The highest BCUT2D eigenvalue weighted by Gasteiger charge is 2.09. The lowest BCUT2D eigenvalue weighted by atomic mass is 10.2. The summed E-state index contributed by atoms with van der Waals surface area (Å²) in [5.74, 6) is 0.00491. The van der Waals surface area contributed by atoms with Gasteiger partial charge in [-0.05, 0) is 36.8 Å². The highest BCUT2D eigenvalue weighted by molar-refractivity contribution is 8.00. The third kappa shape index (κ3) is 7.37. The van der Waals surface area contributed by atoms with Crippen molar-refractivity contribution in [2.24, 2.45) is 0 Å². The molecule has 0 spiro atoms. The maximum absolute atomic E-state index is 11.7. The number of halogens is 1. The fourth-order valence-electron chi connectivity index (χ4n) is 2.00. The Morgan fingerprint density at radius 2 is 1.96 bits per heavy atom. The number of aryl methyl sites for hydroxylation is 1. The Labute approximate surface area is 162 Å². The average Bonchev–Trinajstić information content (AvgIpc) is 2.63. The first-order valence-electron chi connectivity index (χ1n) is 8.04. The van der Waals surface area contributed by atoms with Gasteiger partial charge in [0.05, 0.1) is 17.3 Å². The highest BCUT2D eigenvalue weighted by Crippen LogP contribution is 2.26. The highest BCUT2D eigenvalue weighted by atomic mass is 35.5. The van der Waals surface area contributed by atoms with Crippen molar-refractivity contribution < 1.29 is 19.1 Å². The average molecular weight is 394 g/mol. The topological polar surface area (TPSA) is 64.6 Å². The van der Waals surface area contributed by atoms with Gasteiger partial charge in [0.25, 0.3) is 5.91 Å². The van der Waals surface area contributed by atoms with Crippen LogP contribution in [0.25, 0.3) is 0 Å². The first-order chi connectivity index (χ1) is 12.5. The zero-order valence-corrected chi connectivity index (χ0v) is 15.9. The smallest absolute Gasteiger partial charge is 0.316 e. The Kier molecular flexibility index (Phi) is 8.31. The predicted molar refractivity (Wildman–Crippen MR) is 103 cm³/mol. The number of ether oxygens (including phenoxy) is 2. The van der Waals surface area contributed by atoms with Crippen molar-refractivity contribution in [3.63, 3.8) is 0 Å². The molecule has 0 saturated heterocycles. The van der Waals surface area contributed by atoms with Gasteiger partial charge in [-0.1, -0.05) is 35.9 Å². The van der Waals surface area contributed by atoms with Crippen molar-refractivity contribution in [3.8, 4) is 5.75 Å². The molecule has 1 amide bonds. The van der Waals surface area contributed by atoms with E-state index in [0.717, 1.165) is 16.2 Å². The van der Waals surface area contributed by atoms with Gasteiger partial charge in [0.1, 0.15) is 12.4 Å². The van der Waals surface area contributed by atoms with Crippen LogP contribution in [0.15, 0.2) is 53.4 Å². The molecule has 0 radical (unpaired) electrons. The Balaban J connectivity index is 1.58. The van der Waals surface area contributed by atoms with Crippen LogP contribution in [0.5, 0.6) is 5.75 Å². The lowest BCUT2D eigenvalue weighted by molar-refractivity contribution is -0.145. The van der Waals surface area contributed by atoms with Crippen LogP contribution in [0.1, 0.15) is 5.56 Å². The van der Waals surface area contributed by atoms with Crippen molar-refractivity contribution in [2.75, 3.05) is 25.5 Å². The molecular formula is C19H20ClNO4S. The van der Waals surface area contributed by atoms with E-state index >= 15 is 0 Å². The van der Waals surface area contributed by atoms with E-state index in [9.17, 15) is 9.59 Å². The SMILES string of the molecule is Cc1cccc(OCCNC(=O)COC(=O)CSc2ccccc2Cl)c1. The number of benzene rings is 2. The molecule has 0 aromatic heterocycles. The number of carbonyl (C=O) groups excluding carboxylic acids is 2. The summed E-state index contributed by atoms with van der Waals surface area (Å²) in [4.78, 5) is 24.2. The summed E-state index contributed by atoms with van der Waals surface area (Å²) in [6.45, 7) is 2.34. The number of hydrogen-bond donors (Lipinski definition) is 1. The second kappa shape index (κ2) is 10.7. The monoisotopic (exact) mass is 393 g/mol. The number of rotatable bonds is 9. The second-order valence-electron chi connectivity index (χ2n) is 5.39. The van der Waals surface area contributed by atoms with E-state index in [-0.39, 0.29) is 18.3 Å². The second-order valence-corrected chi connectivity index (χ2v) is 6.82. The zero-order chi connectivity index (χ0) is 18.8. The van der Waals surface area contributed by atoms with Gasteiger partial charge < -0.3 is 14.8 Å². The van der Waals surface area contributed by atoms with E-state index in [0.29, 0.717) is 18.2 Å². The van der Waals surface area contributed by atoms with Crippen molar-refractivity contribution in [1.29, 1.82) is 0 Å². The van der Waals surface area contributed by atoms with Crippen LogP contribution in [0.3, 0.4) is 0 Å². The number of esters is 1. The third-order valence-corrected chi connectivity index (χ3v) is 4.72. The van der Waals surface area contributed by atoms with Crippen LogP contribution in [-0.4, -0.2) is 37.4 Å². The Hall–Kier alpha value is -2.18. The first kappa shape index (κ1) is 20.1. The summed E-state index contributed by atoms with van der Waals surface area (Å²) in [7, 11) is 0. The molecule has 7 heteroatoms. The molecule has 0 atom stereocenters. The molecule has 0 aliphatic rings. The number of nitrogens with one attached hydrogen (secondary N) is 1. The number of hydrogen-bond acceptors (Lipinski definition) is 5. The number of amides is 1. The van der Waals surface area contributed by atoms with Gasteiger partial charge in [0, 0.05) is 4.90 Å². The van der Waals surface area contributed by atoms with E-state index in [1.54, 1.807) is 6.07 Å². The molecular weight excluding hydrogens is 374 g/mol. The normalized spacial score (nSPS) is 10.2. The molecule has 2 aromatic rings. The van der Waals surface area contributed by atoms with Gasteiger partial charge in [-0.3, -0.25) is 9.59 Å². The lowest BCUT2D eigenvalue weighted by Gasteiger charge is -2.09. The summed E-state index contributed by atoms with van der Waals surface area (Å²) in [6, 6.07) is 14.9. The number of carbonyl (C=O) groups is 2. The third-order valence-electron chi connectivity index (χ3n) is 3.23. The molecule has 0 aliphatic heterocycles. The molecule has 0 aliphatic carbocycles. The number of thioether (sulfide) groups is 1. The molecule has 2 rings (SSSR count). The first-order valence-corrected chi connectivity index (χ1v) is 9.40. The van der Waals surface area contributed by atoms with E-state index in [1.165, 1.54) is 11.8 Å². The van der Waals surface area contributed by atoms with Crippen molar-refractivity contribution in [3.05, 3.63) is 59.1 Å². The summed E-state index contributed by atoms with van der Waals surface area (Å²) >= 11 is 7.28. The van der Waals surface area contributed by atoms with E-state index in [4.69, 9.17) is 21.1 Å². The van der Waals surface area contributed by atoms with Gasteiger partial charge in [0.2, 0.25) is 0 Å². The summed E-state index contributed by atoms with van der Waals surface area (Å²) < 4.78 is 10.5. The molecule has 0 heterocycles. The molecule has 26 heavy (non-hydrogen) atoms. The molecule has 5 nitrogen and oxygen atoms in total. The molecule has 0 fully saturated rings. The summed E-state index contributed by atoms with van der Waals surface area (Å²) in [6.07, 6.45) is 0. The minimum atomic E-state index is -0.471. The quantitative estimate of drug-likeness (QED) is 0.401. The Morgan fingerprint density at radius 3 is 2.73 bits per heavy atom. The molecule has 1 N–H and O–H groups in total. The van der Waals surface area contributed by atoms with E-state index in [1.807, 2.05) is 49.4 Å². The molecule has 2 aromatic carbocycles. The van der Waals surface area contributed by atoms with Crippen LogP contribution >= 0.6 is 23.4 Å². The zero-order valence-electron chi connectivity index (χ0n) is 14.4. The largest absolute Gasteiger partial charge is 0.492 e. The van der Waals surface area contributed by atoms with Crippen LogP contribution < -0.4 is 10.1 Å². The van der Waals surface area contributed by atoms with Gasteiger partial charge in [-0.15, -0.1) is 11.8 Å². The van der Waals surface area contributed by atoms with Gasteiger partial charge in [-0.2, -0.15) is 0 Å². The fraction of sp³-hybridized carbons (Fsp3) is 0.263. The van der Waals surface area contributed by atoms with Gasteiger partial charge in [0.15, 0.2) is 6.61 Å². The van der Waals surface area contributed by atoms with Crippen LogP contribution in [0, 0.1) is 6.92 Å². The predicted octanol–water partition coefficient (Wildman–Crippen LogP) is 3.48. The van der Waals surface area contributed by atoms with E-state index < -0.39 is 5.97 Å². The Morgan fingerprint density at radius 1 is 1.15 bits per heavy atom.